The lowest BCUT2D eigenvalue weighted by Gasteiger charge is -2.27. The number of hydrazone groups is 1. The van der Waals surface area contributed by atoms with Crippen LogP contribution in [-0.2, 0) is 9.53 Å². The largest absolute Gasteiger partial charge is 0.383 e. The zero-order valence-corrected chi connectivity index (χ0v) is 18.7. The number of amides is 3. The second-order valence-corrected chi connectivity index (χ2v) is 8.50. The maximum absolute atomic E-state index is 13.4. The Morgan fingerprint density at radius 3 is 2.68 bits per heavy atom. The van der Waals surface area contributed by atoms with E-state index in [1.165, 1.54) is 22.0 Å². The van der Waals surface area contributed by atoms with E-state index in [1.807, 2.05) is 31.4 Å². The van der Waals surface area contributed by atoms with Crippen LogP contribution >= 0.6 is 11.3 Å². The smallest absolute Gasteiger partial charge is 0.318 e. The Morgan fingerprint density at radius 2 is 2.06 bits per heavy atom. The average Bonchev–Trinajstić information content (AvgIpc) is 3.40. The van der Waals surface area contributed by atoms with Gasteiger partial charge < -0.3 is 15.0 Å². The van der Waals surface area contributed by atoms with Crippen LogP contribution in [0.1, 0.15) is 36.8 Å². The highest BCUT2D eigenvalue weighted by Gasteiger charge is 2.34. The first kappa shape index (κ1) is 22.9. The third-order valence-electron chi connectivity index (χ3n) is 4.82. The zero-order valence-electron chi connectivity index (χ0n) is 17.9. The molecule has 0 saturated carbocycles. The summed E-state index contributed by atoms with van der Waals surface area (Å²) >= 11 is 1.55. The van der Waals surface area contributed by atoms with Crippen molar-refractivity contribution in [1.29, 1.82) is 0 Å². The van der Waals surface area contributed by atoms with Gasteiger partial charge in [0.05, 0.1) is 23.2 Å². The Labute approximate surface area is 185 Å². The van der Waals surface area contributed by atoms with Gasteiger partial charge in [-0.05, 0) is 43.0 Å². The molecule has 0 spiro atoms. The minimum absolute atomic E-state index is 0.0603. The van der Waals surface area contributed by atoms with E-state index in [2.05, 4.69) is 10.4 Å². The van der Waals surface area contributed by atoms with Crippen molar-refractivity contribution in [3.63, 3.8) is 0 Å². The summed E-state index contributed by atoms with van der Waals surface area (Å²) in [5.41, 5.74) is 1.59. The first-order valence-corrected chi connectivity index (χ1v) is 11.0. The van der Waals surface area contributed by atoms with Gasteiger partial charge in [-0.25, -0.2) is 14.2 Å². The molecular weight excluding hydrogens is 419 g/mol. The molecule has 1 aromatic carbocycles. The van der Waals surface area contributed by atoms with E-state index in [1.54, 1.807) is 30.6 Å². The summed E-state index contributed by atoms with van der Waals surface area (Å²) in [6.07, 6.45) is 0.522. The molecule has 9 heteroatoms. The number of carbonyl (C=O) groups excluding carboxylic acids is 2. The zero-order chi connectivity index (χ0) is 22.4. The third kappa shape index (κ3) is 5.89. The summed E-state index contributed by atoms with van der Waals surface area (Å²) in [6, 6.07) is 9.23. The Kier molecular flexibility index (Phi) is 7.75. The highest BCUT2D eigenvalue weighted by atomic mass is 32.1. The van der Waals surface area contributed by atoms with Crippen LogP contribution in [0.4, 0.5) is 9.18 Å². The van der Waals surface area contributed by atoms with Crippen LogP contribution in [-0.4, -0.2) is 60.4 Å². The number of carbonyl (C=O) groups is 2. The van der Waals surface area contributed by atoms with Crippen molar-refractivity contribution in [2.75, 3.05) is 26.8 Å². The van der Waals surface area contributed by atoms with E-state index in [-0.39, 0.29) is 42.9 Å². The molecule has 1 aromatic heterocycles. The van der Waals surface area contributed by atoms with Crippen LogP contribution in [0.5, 0.6) is 0 Å². The van der Waals surface area contributed by atoms with Gasteiger partial charge >= 0.3 is 6.03 Å². The number of benzene rings is 1. The van der Waals surface area contributed by atoms with Gasteiger partial charge in [-0.15, -0.1) is 11.3 Å². The third-order valence-corrected chi connectivity index (χ3v) is 5.74. The van der Waals surface area contributed by atoms with E-state index in [4.69, 9.17) is 4.74 Å². The van der Waals surface area contributed by atoms with Crippen molar-refractivity contribution in [3.05, 3.63) is 58.0 Å². The number of thiophene rings is 1. The highest BCUT2D eigenvalue weighted by Crippen LogP contribution is 2.34. The number of nitrogens with one attached hydrogen (secondary N) is 1. The lowest BCUT2D eigenvalue weighted by molar-refractivity contribution is -0.133. The number of nitrogens with zero attached hydrogens (tertiary/aromatic N) is 3. The Morgan fingerprint density at radius 1 is 1.32 bits per heavy atom. The van der Waals surface area contributed by atoms with Gasteiger partial charge in [0.2, 0.25) is 0 Å². The fourth-order valence-electron chi connectivity index (χ4n) is 3.30. The van der Waals surface area contributed by atoms with Gasteiger partial charge in [0.15, 0.2) is 0 Å². The predicted molar refractivity (Wildman–Crippen MR) is 119 cm³/mol. The van der Waals surface area contributed by atoms with Gasteiger partial charge in [0.25, 0.3) is 5.91 Å². The molecule has 1 aliphatic heterocycles. The van der Waals surface area contributed by atoms with Crippen LogP contribution in [0.25, 0.3) is 0 Å². The molecule has 31 heavy (non-hydrogen) atoms. The molecule has 2 aromatic rings. The fourth-order valence-corrected chi connectivity index (χ4v) is 4.03. The summed E-state index contributed by atoms with van der Waals surface area (Å²) in [5, 5.41) is 10.8. The number of hydrogen-bond acceptors (Lipinski definition) is 5. The minimum Gasteiger partial charge on any atom is -0.383 e. The van der Waals surface area contributed by atoms with E-state index in [9.17, 15) is 14.0 Å². The quantitative estimate of drug-likeness (QED) is 0.673. The molecule has 1 aliphatic rings. The molecule has 7 nitrogen and oxygen atoms in total. The number of halogens is 1. The van der Waals surface area contributed by atoms with Gasteiger partial charge in [0.1, 0.15) is 12.4 Å². The van der Waals surface area contributed by atoms with Gasteiger partial charge in [-0.2, -0.15) is 5.10 Å². The van der Waals surface area contributed by atoms with Crippen molar-refractivity contribution in [3.8, 4) is 0 Å². The van der Waals surface area contributed by atoms with Crippen molar-refractivity contribution >= 4 is 29.0 Å². The molecule has 166 valence electrons. The summed E-state index contributed by atoms with van der Waals surface area (Å²) in [4.78, 5) is 28.2. The topological polar surface area (TPSA) is 74.2 Å². The van der Waals surface area contributed by atoms with Crippen molar-refractivity contribution in [2.24, 2.45) is 5.10 Å². The Hall–Kier alpha value is -2.78. The highest BCUT2D eigenvalue weighted by molar-refractivity contribution is 7.12. The molecule has 0 radical (unpaired) electrons. The fraction of sp³-hybridized carbons (Fsp3) is 0.409. The molecule has 2 heterocycles. The van der Waals surface area contributed by atoms with E-state index in [0.717, 1.165) is 16.2 Å². The Bertz CT molecular complexity index is 915. The van der Waals surface area contributed by atoms with Crippen LogP contribution < -0.4 is 5.32 Å². The number of urea groups is 1. The molecule has 3 rings (SSSR count). The normalized spacial score (nSPS) is 15.8. The second-order valence-electron chi connectivity index (χ2n) is 7.55. The van der Waals surface area contributed by atoms with Gasteiger partial charge in [-0.1, -0.05) is 18.2 Å². The predicted octanol–water partition coefficient (Wildman–Crippen LogP) is 3.63. The SMILES string of the molecule is COCCN(CC(=O)N1N=C(c2cccs2)C[C@@H]1c1ccc(F)cc1)C(=O)NC(C)C. The molecular formula is C22H27FN4O3S. The molecule has 1 N–H and O–H groups in total. The lowest BCUT2D eigenvalue weighted by Crippen LogP contribution is -2.48. The summed E-state index contributed by atoms with van der Waals surface area (Å²) in [5.74, 6) is -0.647. The van der Waals surface area contributed by atoms with Crippen molar-refractivity contribution in [1.82, 2.24) is 15.2 Å². The number of rotatable bonds is 8. The van der Waals surface area contributed by atoms with Gasteiger partial charge in [0, 0.05) is 26.1 Å². The lowest BCUT2D eigenvalue weighted by atomic mass is 10.0. The summed E-state index contributed by atoms with van der Waals surface area (Å²) in [7, 11) is 1.54. The monoisotopic (exact) mass is 446 g/mol. The molecule has 0 saturated heterocycles. The molecule has 0 unspecified atom stereocenters. The summed E-state index contributed by atoms with van der Waals surface area (Å²) in [6.45, 7) is 4.16. The number of ether oxygens (including phenoxy) is 1. The first-order chi connectivity index (χ1) is 14.9. The molecule has 3 amide bonds. The van der Waals surface area contributed by atoms with E-state index in [0.29, 0.717) is 13.0 Å². The second kappa shape index (κ2) is 10.5. The maximum Gasteiger partial charge on any atom is 0.318 e. The molecule has 1 atom stereocenters. The van der Waals surface area contributed by atoms with Crippen molar-refractivity contribution in [2.45, 2.75) is 32.4 Å². The van der Waals surface area contributed by atoms with Gasteiger partial charge in [-0.3, -0.25) is 4.79 Å². The maximum atomic E-state index is 13.4. The standard InChI is InChI=1S/C22H27FN4O3S/c1-15(2)24-22(29)26(10-11-30-3)14-21(28)27-19(16-6-8-17(23)9-7-16)13-18(25-27)20-5-4-12-31-20/h4-9,12,15,19H,10-11,13-14H2,1-3H3,(H,24,29)/t19-/m1/s1. The Balaban J connectivity index is 1.84. The van der Waals surface area contributed by atoms with Crippen LogP contribution in [0.2, 0.25) is 0 Å². The summed E-state index contributed by atoms with van der Waals surface area (Å²) < 4.78 is 18.5. The number of hydrogen-bond donors (Lipinski definition) is 1. The minimum atomic E-state index is -0.359. The van der Waals surface area contributed by atoms with Crippen LogP contribution in [0.15, 0.2) is 46.9 Å². The van der Waals surface area contributed by atoms with Crippen molar-refractivity contribution < 1.29 is 18.7 Å². The van der Waals surface area contributed by atoms with Crippen LogP contribution in [0.3, 0.4) is 0 Å². The molecule has 0 aliphatic carbocycles. The van der Waals surface area contributed by atoms with E-state index < -0.39 is 0 Å². The average molecular weight is 447 g/mol. The molecule has 0 bridgehead atoms. The first-order valence-electron chi connectivity index (χ1n) is 10.1. The van der Waals surface area contributed by atoms with Crippen LogP contribution in [0, 0.1) is 5.82 Å². The van der Waals surface area contributed by atoms with E-state index >= 15 is 0 Å². The number of methoxy groups -OCH3 is 1. The molecule has 0 fully saturated rings.